The Morgan fingerprint density at radius 2 is 2.00 bits per heavy atom. The van der Waals surface area contributed by atoms with Crippen molar-refractivity contribution in [2.45, 2.75) is 19.0 Å². The van der Waals surface area contributed by atoms with Crippen LogP contribution in [0.3, 0.4) is 0 Å². The summed E-state index contributed by atoms with van der Waals surface area (Å²) in [5.74, 6) is -2.71. The highest BCUT2D eigenvalue weighted by Crippen LogP contribution is 2.36. The van der Waals surface area contributed by atoms with E-state index >= 15 is 0 Å². The Morgan fingerprint density at radius 3 is 2.59 bits per heavy atom. The van der Waals surface area contributed by atoms with E-state index in [-0.39, 0.29) is 24.3 Å². The number of amides is 1. The van der Waals surface area contributed by atoms with E-state index in [1.807, 2.05) is 6.07 Å². The first-order valence-corrected chi connectivity index (χ1v) is 8.26. The molecular weight excluding hydrogens is 352 g/mol. The number of non-ortho nitro benzene ring substituents is 1. The molecule has 0 bridgehead atoms. The third kappa shape index (κ3) is 3.72. The lowest BCUT2D eigenvalue weighted by molar-refractivity contribution is -0.384. The molecule has 2 aromatic carbocycles. The number of carbonyl (C=O) groups is 2. The van der Waals surface area contributed by atoms with Gasteiger partial charge in [-0.3, -0.25) is 19.7 Å². The quantitative estimate of drug-likeness (QED) is 0.447. The fourth-order valence-corrected chi connectivity index (χ4v) is 3.15. The Balaban J connectivity index is 1.95. The molecule has 2 unspecified atom stereocenters. The van der Waals surface area contributed by atoms with Gasteiger partial charge in [0.2, 0.25) is 5.91 Å². The van der Waals surface area contributed by atoms with Gasteiger partial charge in [-0.2, -0.15) is 0 Å². The van der Waals surface area contributed by atoms with Crippen LogP contribution in [0.5, 0.6) is 0 Å². The number of carbonyl (C=O) groups excluding carboxylic acids is 1. The predicted octanol–water partition coefficient (Wildman–Crippen LogP) is 1.73. The molecule has 9 heteroatoms. The van der Waals surface area contributed by atoms with Crippen LogP contribution in [0.2, 0.25) is 0 Å². The van der Waals surface area contributed by atoms with E-state index < -0.39 is 28.8 Å². The van der Waals surface area contributed by atoms with Gasteiger partial charge in [0.1, 0.15) is 6.04 Å². The van der Waals surface area contributed by atoms with Gasteiger partial charge in [0.15, 0.2) is 0 Å². The SMILES string of the molecule is NCc1cc([N+](=O)[O-])cc2c1NC(C(Cc1ccccc1)C(=O)O)C(=O)N2. The molecule has 0 spiro atoms. The van der Waals surface area contributed by atoms with E-state index in [0.717, 1.165) is 5.56 Å². The molecule has 0 aromatic heterocycles. The third-order valence-corrected chi connectivity index (χ3v) is 4.49. The van der Waals surface area contributed by atoms with Crippen molar-refractivity contribution in [2.24, 2.45) is 11.7 Å². The standard InChI is InChI=1S/C18H18N4O5/c19-9-11-7-12(22(26)27)8-14-15(11)21-16(17(23)20-14)13(18(24)25)6-10-4-2-1-3-5-10/h1-5,7-8,13,16,21H,6,9,19H2,(H,20,23)(H,24,25). The summed E-state index contributed by atoms with van der Waals surface area (Å²) in [6, 6.07) is 10.5. The maximum absolute atomic E-state index is 12.5. The zero-order valence-corrected chi connectivity index (χ0v) is 14.2. The average molecular weight is 370 g/mol. The number of nitrogens with zero attached hydrogens (tertiary/aromatic N) is 1. The Labute approximate surface area is 154 Å². The van der Waals surface area contributed by atoms with Gasteiger partial charge in [-0.05, 0) is 17.5 Å². The molecule has 9 nitrogen and oxygen atoms in total. The van der Waals surface area contributed by atoms with E-state index in [0.29, 0.717) is 11.3 Å². The van der Waals surface area contributed by atoms with Gasteiger partial charge in [0.25, 0.3) is 5.69 Å². The van der Waals surface area contributed by atoms with Crippen LogP contribution in [0.25, 0.3) is 0 Å². The van der Waals surface area contributed by atoms with Gasteiger partial charge in [0.05, 0.1) is 22.2 Å². The first-order chi connectivity index (χ1) is 12.9. The third-order valence-electron chi connectivity index (χ3n) is 4.49. The molecule has 3 rings (SSSR count). The fourth-order valence-electron chi connectivity index (χ4n) is 3.15. The summed E-state index contributed by atoms with van der Waals surface area (Å²) < 4.78 is 0. The summed E-state index contributed by atoms with van der Waals surface area (Å²) in [4.78, 5) is 34.8. The van der Waals surface area contributed by atoms with Crippen LogP contribution in [-0.4, -0.2) is 27.9 Å². The molecule has 0 aliphatic carbocycles. The number of carboxylic acid groups (broad SMARTS) is 1. The molecule has 140 valence electrons. The number of aliphatic carboxylic acids is 1. The highest BCUT2D eigenvalue weighted by Gasteiger charge is 2.38. The number of carboxylic acids is 1. The molecule has 0 saturated carbocycles. The maximum Gasteiger partial charge on any atom is 0.309 e. The van der Waals surface area contributed by atoms with Crippen molar-refractivity contribution in [3.8, 4) is 0 Å². The highest BCUT2D eigenvalue weighted by molar-refractivity contribution is 6.06. The van der Waals surface area contributed by atoms with E-state index in [2.05, 4.69) is 10.6 Å². The van der Waals surface area contributed by atoms with Gasteiger partial charge in [-0.25, -0.2) is 0 Å². The number of nitro benzene ring substituents is 1. The first-order valence-electron chi connectivity index (χ1n) is 8.26. The molecule has 27 heavy (non-hydrogen) atoms. The van der Waals surface area contributed by atoms with Crippen molar-refractivity contribution in [1.29, 1.82) is 0 Å². The fraction of sp³-hybridized carbons (Fsp3) is 0.222. The van der Waals surface area contributed by atoms with Crippen molar-refractivity contribution in [3.05, 3.63) is 63.7 Å². The molecule has 5 N–H and O–H groups in total. The smallest absolute Gasteiger partial charge is 0.309 e. The van der Waals surface area contributed by atoms with Crippen LogP contribution in [0.4, 0.5) is 17.1 Å². The minimum Gasteiger partial charge on any atom is -0.481 e. The highest BCUT2D eigenvalue weighted by atomic mass is 16.6. The molecule has 2 aromatic rings. The second kappa shape index (κ2) is 7.42. The number of nitrogens with one attached hydrogen (secondary N) is 2. The van der Waals surface area contributed by atoms with Crippen molar-refractivity contribution in [1.82, 2.24) is 0 Å². The number of rotatable bonds is 6. The second-order valence-corrected chi connectivity index (χ2v) is 6.23. The molecule has 1 amide bonds. The lowest BCUT2D eigenvalue weighted by Gasteiger charge is -2.31. The number of fused-ring (bicyclic) bond motifs is 1. The van der Waals surface area contributed by atoms with Crippen molar-refractivity contribution in [2.75, 3.05) is 10.6 Å². The van der Waals surface area contributed by atoms with Crippen molar-refractivity contribution in [3.63, 3.8) is 0 Å². The maximum atomic E-state index is 12.5. The number of hydrogen-bond donors (Lipinski definition) is 4. The van der Waals surface area contributed by atoms with Crippen molar-refractivity contribution >= 4 is 28.9 Å². The number of anilines is 2. The summed E-state index contributed by atoms with van der Waals surface area (Å²) in [5, 5.41) is 26.2. The lowest BCUT2D eigenvalue weighted by Crippen LogP contribution is -2.48. The number of nitrogens with two attached hydrogens (primary N) is 1. The summed E-state index contributed by atoms with van der Waals surface area (Å²) in [6.45, 7) is -0.00394. The summed E-state index contributed by atoms with van der Waals surface area (Å²) in [5.41, 5.74) is 7.33. The van der Waals surface area contributed by atoms with E-state index in [1.165, 1.54) is 12.1 Å². The Kier molecular flexibility index (Phi) is 5.04. The van der Waals surface area contributed by atoms with Gasteiger partial charge >= 0.3 is 5.97 Å². The molecule has 1 aliphatic rings. The lowest BCUT2D eigenvalue weighted by atomic mass is 9.89. The Morgan fingerprint density at radius 1 is 1.30 bits per heavy atom. The summed E-state index contributed by atoms with van der Waals surface area (Å²) >= 11 is 0. The van der Waals surface area contributed by atoms with Gasteiger partial charge in [0, 0.05) is 18.7 Å². The topological polar surface area (TPSA) is 148 Å². The zero-order chi connectivity index (χ0) is 19.6. The van der Waals surface area contributed by atoms with Gasteiger partial charge < -0.3 is 21.5 Å². The van der Waals surface area contributed by atoms with E-state index in [1.54, 1.807) is 24.3 Å². The molecule has 0 fully saturated rings. The minimum absolute atomic E-state index is 0.00394. The Bertz CT molecular complexity index is 900. The summed E-state index contributed by atoms with van der Waals surface area (Å²) in [6.07, 6.45) is 0.154. The number of nitro groups is 1. The molecule has 0 radical (unpaired) electrons. The van der Waals surface area contributed by atoms with Gasteiger partial charge in [-0.1, -0.05) is 30.3 Å². The molecule has 0 saturated heterocycles. The van der Waals surface area contributed by atoms with Crippen LogP contribution in [0, 0.1) is 16.0 Å². The second-order valence-electron chi connectivity index (χ2n) is 6.23. The van der Waals surface area contributed by atoms with E-state index in [4.69, 9.17) is 5.73 Å². The zero-order valence-electron chi connectivity index (χ0n) is 14.2. The van der Waals surface area contributed by atoms with Crippen molar-refractivity contribution < 1.29 is 19.6 Å². The van der Waals surface area contributed by atoms with Crippen LogP contribution < -0.4 is 16.4 Å². The largest absolute Gasteiger partial charge is 0.481 e. The minimum atomic E-state index is -1.12. The first kappa shape index (κ1) is 18.3. The summed E-state index contributed by atoms with van der Waals surface area (Å²) in [7, 11) is 0. The average Bonchev–Trinajstić information content (AvgIpc) is 2.65. The van der Waals surface area contributed by atoms with Crippen LogP contribution in [-0.2, 0) is 22.6 Å². The van der Waals surface area contributed by atoms with E-state index in [9.17, 15) is 24.8 Å². The number of hydrogen-bond acceptors (Lipinski definition) is 6. The number of benzene rings is 2. The van der Waals surface area contributed by atoms with Gasteiger partial charge in [-0.15, -0.1) is 0 Å². The molecule has 1 aliphatic heterocycles. The normalized spacial score (nSPS) is 16.6. The molecular formula is C18H18N4O5. The monoisotopic (exact) mass is 370 g/mol. The van der Waals surface area contributed by atoms with Crippen LogP contribution in [0.15, 0.2) is 42.5 Å². The van der Waals surface area contributed by atoms with Crippen LogP contribution >= 0.6 is 0 Å². The Hall–Kier alpha value is -3.46. The molecule has 1 heterocycles. The predicted molar refractivity (Wildman–Crippen MR) is 98.3 cm³/mol. The molecule has 2 atom stereocenters. The van der Waals surface area contributed by atoms with Crippen LogP contribution in [0.1, 0.15) is 11.1 Å².